The first-order valence-electron chi connectivity index (χ1n) is 8.98. The number of halogens is 2. The maximum absolute atomic E-state index is 14.6. The van der Waals surface area contributed by atoms with Gasteiger partial charge in [-0.15, -0.1) is 11.3 Å². The van der Waals surface area contributed by atoms with Gasteiger partial charge >= 0.3 is 0 Å². The van der Waals surface area contributed by atoms with E-state index in [0.717, 1.165) is 12.1 Å². The minimum Gasteiger partial charge on any atom is -0.489 e. The number of benzene rings is 2. The summed E-state index contributed by atoms with van der Waals surface area (Å²) < 4.78 is 20.2. The monoisotopic (exact) mass is 433 g/mol. The number of carbonyl (C=O) groups excluding carboxylic acids is 1. The quantitative estimate of drug-likeness (QED) is 0.569. The Bertz CT molecular complexity index is 994. The largest absolute Gasteiger partial charge is 0.489 e. The first-order valence-corrected chi connectivity index (χ1v) is 10.2. The van der Waals surface area contributed by atoms with Gasteiger partial charge in [0.15, 0.2) is 0 Å². The summed E-state index contributed by atoms with van der Waals surface area (Å²) in [4.78, 5) is 18.4. The van der Waals surface area contributed by atoms with Crippen LogP contribution in [0.25, 0.3) is 10.6 Å². The average molecular weight is 434 g/mol. The lowest BCUT2D eigenvalue weighted by Gasteiger charge is -2.09. The number of amides is 1. The number of hydrogen-bond acceptors (Lipinski definition) is 5. The highest BCUT2D eigenvalue weighted by molar-refractivity contribution is 7.13. The van der Waals surface area contributed by atoms with E-state index < -0.39 is 5.82 Å². The first kappa shape index (κ1) is 21.2. The lowest BCUT2D eigenvalue weighted by molar-refractivity contribution is 0.0947. The van der Waals surface area contributed by atoms with Gasteiger partial charge in [0.05, 0.1) is 0 Å². The van der Waals surface area contributed by atoms with Crippen LogP contribution >= 0.6 is 22.9 Å². The summed E-state index contributed by atoms with van der Waals surface area (Å²) in [7, 11) is 3.86. The fourth-order valence-corrected chi connectivity index (χ4v) is 3.58. The van der Waals surface area contributed by atoms with E-state index in [1.165, 1.54) is 17.4 Å². The Balaban J connectivity index is 1.64. The molecule has 3 aromatic rings. The molecule has 3 rings (SSSR count). The van der Waals surface area contributed by atoms with E-state index >= 15 is 0 Å². The van der Waals surface area contributed by atoms with Crippen molar-refractivity contribution in [1.29, 1.82) is 0 Å². The number of thiazole rings is 1. The molecule has 1 aromatic heterocycles. The third-order valence-electron chi connectivity index (χ3n) is 4.05. The van der Waals surface area contributed by atoms with Crippen molar-refractivity contribution < 1.29 is 13.9 Å². The summed E-state index contributed by atoms with van der Waals surface area (Å²) >= 11 is 7.18. The fraction of sp³-hybridized carbons (Fsp3) is 0.238. The summed E-state index contributed by atoms with van der Waals surface area (Å²) in [6.45, 7) is 1.54. The molecule has 0 aliphatic rings. The molecule has 0 saturated carbocycles. The van der Waals surface area contributed by atoms with E-state index in [2.05, 4.69) is 10.3 Å². The zero-order valence-electron chi connectivity index (χ0n) is 16.1. The molecule has 0 bridgehead atoms. The van der Waals surface area contributed by atoms with E-state index in [-0.39, 0.29) is 18.2 Å². The molecule has 0 aliphatic heterocycles. The molecule has 1 amide bonds. The molecular formula is C21H21ClFN3O2S. The number of nitrogens with one attached hydrogen (secondary N) is 1. The average Bonchev–Trinajstić information content (AvgIpc) is 3.16. The third kappa shape index (κ3) is 6.00. The molecule has 5 nitrogen and oxygen atoms in total. The van der Waals surface area contributed by atoms with Crippen molar-refractivity contribution in [2.45, 2.75) is 6.61 Å². The van der Waals surface area contributed by atoms with E-state index in [4.69, 9.17) is 16.3 Å². The van der Waals surface area contributed by atoms with E-state index in [1.54, 1.807) is 29.6 Å². The maximum atomic E-state index is 14.6. The van der Waals surface area contributed by atoms with Crippen molar-refractivity contribution in [2.75, 3.05) is 27.2 Å². The lowest BCUT2D eigenvalue weighted by atomic mass is 10.2. The first-order chi connectivity index (χ1) is 13.9. The lowest BCUT2D eigenvalue weighted by Crippen LogP contribution is -2.31. The van der Waals surface area contributed by atoms with Crippen LogP contribution in [-0.4, -0.2) is 43.0 Å². The molecular weight excluding hydrogens is 413 g/mol. The topological polar surface area (TPSA) is 54.5 Å². The SMILES string of the molecule is CN(C)CCNC(=O)c1csc(-c2ccc(OCc3cccc(Cl)c3)cc2F)n1. The van der Waals surface area contributed by atoms with Crippen molar-refractivity contribution in [2.24, 2.45) is 0 Å². The second-order valence-corrected chi connectivity index (χ2v) is 7.95. The van der Waals surface area contributed by atoms with Crippen LogP contribution in [0.15, 0.2) is 47.8 Å². The predicted molar refractivity (Wildman–Crippen MR) is 114 cm³/mol. The van der Waals surface area contributed by atoms with Crippen LogP contribution in [0.4, 0.5) is 4.39 Å². The second-order valence-electron chi connectivity index (χ2n) is 6.66. The van der Waals surface area contributed by atoms with Crippen LogP contribution in [0.1, 0.15) is 16.1 Å². The number of likely N-dealkylation sites (N-methyl/N-ethyl adjacent to an activating group) is 1. The van der Waals surface area contributed by atoms with Gasteiger partial charge < -0.3 is 15.0 Å². The van der Waals surface area contributed by atoms with Gasteiger partial charge in [-0.05, 0) is 43.9 Å². The Kier molecular flexibility index (Phi) is 7.19. The highest BCUT2D eigenvalue weighted by Crippen LogP contribution is 2.29. The minimum atomic E-state index is -0.456. The normalized spacial score (nSPS) is 10.9. The Labute approximate surface area is 178 Å². The van der Waals surface area contributed by atoms with Crippen molar-refractivity contribution in [3.05, 3.63) is 69.9 Å². The number of hydrogen-bond donors (Lipinski definition) is 1. The standard InChI is InChI=1S/C21H21ClFN3O2S/c1-26(2)9-8-24-20(27)19-13-29-21(25-19)17-7-6-16(11-18(17)23)28-12-14-4-3-5-15(22)10-14/h3-7,10-11,13H,8-9,12H2,1-2H3,(H,24,27). The summed E-state index contributed by atoms with van der Waals surface area (Å²) in [6, 6.07) is 11.9. The molecule has 2 aromatic carbocycles. The molecule has 29 heavy (non-hydrogen) atoms. The van der Waals surface area contributed by atoms with Crippen LogP contribution in [0.2, 0.25) is 5.02 Å². The smallest absolute Gasteiger partial charge is 0.270 e. The summed E-state index contributed by atoms with van der Waals surface area (Å²) in [5.41, 5.74) is 1.51. The number of aromatic nitrogens is 1. The molecule has 0 atom stereocenters. The zero-order chi connectivity index (χ0) is 20.8. The van der Waals surface area contributed by atoms with Crippen molar-refractivity contribution in [3.8, 4) is 16.3 Å². The maximum Gasteiger partial charge on any atom is 0.270 e. The zero-order valence-corrected chi connectivity index (χ0v) is 17.7. The highest BCUT2D eigenvalue weighted by atomic mass is 35.5. The highest BCUT2D eigenvalue weighted by Gasteiger charge is 2.15. The Hall–Kier alpha value is -2.48. The molecule has 0 spiro atoms. The molecule has 0 fully saturated rings. The van der Waals surface area contributed by atoms with Crippen LogP contribution < -0.4 is 10.1 Å². The van der Waals surface area contributed by atoms with Crippen LogP contribution in [-0.2, 0) is 6.61 Å². The van der Waals surface area contributed by atoms with Gasteiger partial charge in [-0.25, -0.2) is 9.37 Å². The molecule has 1 heterocycles. The molecule has 0 radical (unpaired) electrons. The third-order valence-corrected chi connectivity index (χ3v) is 5.16. The molecule has 1 N–H and O–H groups in total. The van der Waals surface area contributed by atoms with E-state index in [1.807, 2.05) is 31.1 Å². The number of rotatable bonds is 8. The van der Waals surface area contributed by atoms with Crippen molar-refractivity contribution >= 4 is 28.8 Å². The number of carbonyl (C=O) groups is 1. The van der Waals surface area contributed by atoms with Crippen molar-refractivity contribution in [3.63, 3.8) is 0 Å². The predicted octanol–water partition coefficient (Wildman–Crippen LogP) is 4.47. The van der Waals surface area contributed by atoms with Gasteiger partial charge in [0, 0.05) is 35.1 Å². The van der Waals surface area contributed by atoms with E-state index in [9.17, 15) is 9.18 Å². The molecule has 0 aliphatic carbocycles. The van der Waals surface area contributed by atoms with Gasteiger partial charge in [-0.1, -0.05) is 23.7 Å². The summed E-state index contributed by atoms with van der Waals surface area (Å²) in [5, 5.41) is 5.49. The van der Waals surface area contributed by atoms with Crippen LogP contribution in [0, 0.1) is 5.82 Å². The van der Waals surface area contributed by atoms with Crippen LogP contribution in [0.5, 0.6) is 5.75 Å². The molecule has 0 saturated heterocycles. The molecule has 152 valence electrons. The Morgan fingerprint density at radius 2 is 2.10 bits per heavy atom. The van der Waals surface area contributed by atoms with Gasteiger partial charge in [-0.2, -0.15) is 0 Å². The Morgan fingerprint density at radius 3 is 2.83 bits per heavy atom. The summed E-state index contributed by atoms with van der Waals surface area (Å²) in [6.07, 6.45) is 0. The summed E-state index contributed by atoms with van der Waals surface area (Å²) in [5.74, 6) is -0.317. The number of nitrogens with zero attached hydrogens (tertiary/aromatic N) is 2. The van der Waals surface area contributed by atoms with Gasteiger partial charge in [0.1, 0.15) is 28.9 Å². The van der Waals surface area contributed by atoms with Gasteiger partial charge in [0.2, 0.25) is 0 Å². The minimum absolute atomic E-state index is 0.267. The van der Waals surface area contributed by atoms with Crippen molar-refractivity contribution in [1.82, 2.24) is 15.2 Å². The fourth-order valence-electron chi connectivity index (χ4n) is 2.54. The Morgan fingerprint density at radius 1 is 1.28 bits per heavy atom. The molecule has 8 heteroatoms. The number of ether oxygens (including phenoxy) is 1. The van der Waals surface area contributed by atoms with Gasteiger partial charge in [0.25, 0.3) is 5.91 Å². The van der Waals surface area contributed by atoms with Gasteiger partial charge in [-0.3, -0.25) is 4.79 Å². The second kappa shape index (κ2) is 9.82. The molecule has 0 unspecified atom stereocenters. The van der Waals surface area contributed by atoms with E-state index in [0.29, 0.717) is 27.9 Å². The van der Waals surface area contributed by atoms with Crippen LogP contribution in [0.3, 0.4) is 0 Å².